The van der Waals surface area contributed by atoms with Crippen LogP contribution in [0.25, 0.3) is 0 Å². The van der Waals surface area contributed by atoms with E-state index in [-0.39, 0.29) is 0 Å². The van der Waals surface area contributed by atoms with Gasteiger partial charge in [0.05, 0.1) is 6.61 Å². The lowest BCUT2D eigenvalue weighted by Crippen LogP contribution is -2.09. The molecule has 0 aliphatic rings. The van der Waals surface area contributed by atoms with Crippen molar-refractivity contribution in [3.8, 4) is 0 Å². The third kappa shape index (κ3) is 4.52. The van der Waals surface area contributed by atoms with Crippen LogP contribution in [0.15, 0.2) is 30.5 Å². The zero-order valence-electron chi connectivity index (χ0n) is 10.9. The summed E-state index contributed by atoms with van der Waals surface area (Å²) in [4.78, 5) is 8.47. The molecule has 1 aromatic heterocycles. The number of benzene rings is 1. The second-order valence-corrected chi connectivity index (χ2v) is 4.84. The Morgan fingerprint density at radius 1 is 1.20 bits per heavy atom. The Bertz CT molecular complexity index is 560. The van der Waals surface area contributed by atoms with Crippen molar-refractivity contribution in [2.75, 3.05) is 30.9 Å². The van der Waals surface area contributed by atoms with Crippen molar-refractivity contribution in [2.24, 2.45) is 0 Å². The van der Waals surface area contributed by atoms with Crippen molar-refractivity contribution in [2.45, 2.75) is 0 Å². The summed E-state index contributed by atoms with van der Waals surface area (Å²) in [5.74, 6) is 1.18. The predicted molar refractivity (Wildman–Crippen MR) is 82.1 cm³/mol. The summed E-state index contributed by atoms with van der Waals surface area (Å²) in [6.07, 6.45) is 1.66. The van der Waals surface area contributed by atoms with Crippen molar-refractivity contribution in [3.63, 3.8) is 0 Å². The van der Waals surface area contributed by atoms with Crippen LogP contribution in [-0.2, 0) is 4.74 Å². The molecule has 0 saturated heterocycles. The number of methoxy groups -OCH3 is 1. The number of hydrogen-bond acceptors (Lipinski definition) is 5. The van der Waals surface area contributed by atoms with Gasteiger partial charge in [0.2, 0.25) is 5.95 Å². The van der Waals surface area contributed by atoms with Crippen molar-refractivity contribution < 1.29 is 4.74 Å². The molecule has 0 spiro atoms. The Kier molecular flexibility index (Phi) is 5.40. The number of anilines is 3. The number of rotatable bonds is 6. The fraction of sp³-hybridized carbons (Fsp3) is 0.231. The van der Waals surface area contributed by atoms with Gasteiger partial charge in [0.25, 0.3) is 0 Å². The maximum Gasteiger partial charge on any atom is 0.229 e. The summed E-state index contributed by atoms with van der Waals surface area (Å²) in [5.41, 5.74) is 0.733. The van der Waals surface area contributed by atoms with Gasteiger partial charge in [-0.25, -0.2) is 4.98 Å². The molecular formula is C13H14Cl2N4O. The highest BCUT2D eigenvalue weighted by atomic mass is 35.5. The first-order valence-electron chi connectivity index (χ1n) is 5.96. The molecule has 2 N–H and O–H groups in total. The Morgan fingerprint density at radius 3 is 2.65 bits per heavy atom. The van der Waals surface area contributed by atoms with E-state index in [2.05, 4.69) is 20.6 Å². The fourth-order valence-corrected chi connectivity index (χ4v) is 2.08. The average Bonchev–Trinajstić information content (AvgIpc) is 2.38. The minimum Gasteiger partial charge on any atom is -0.383 e. The molecule has 0 aliphatic carbocycles. The van der Waals surface area contributed by atoms with Crippen LogP contribution in [-0.4, -0.2) is 30.2 Å². The molecule has 0 bridgehead atoms. The quantitative estimate of drug-likeness (QED) is 0.798. The van der Waals surface area contributed by atoms with Crippen LogP contribution < -0.4 is 10.6 Å². The van der Waals surface area contributed by atoms with Crippen LogP contribution in [0.1, 0.15) is 0 Å². The maximum atomic E-state index is 5.94. The summed E-state index contributed by atoms with van der Waals surface area (Å²) < 4.78 is 4.96. The van der Waals surface area contributed by atoms with E-state index in [0.717, 1.165) is 5.69 Å². The molecule has 106 valence electrons. The van der Waals surface area contributed by atoms with E-state index in [4.69, 9.17) is 27.9 Å². The van der Waals surface area contributed by atoms with Crippen LogP contribution >= 0.6 is 23.2 Å². The Labute approximate surface area is 127 Å². The summed E-state index contributed by atoms with van der Waals surface area (Å²) in [6, 6.07) is 6.95. The molecule has 1 aromatic carbocycles. The number of nitrogens with zero attached hydrogens (tertiary/aromatic N) is 2. The minimum absolute atomic E-state index is 0.464. The lowest BCUT2D eigenvalue weighted by atomic mass is 10.3. The highest BCUT2D eigenvalue weighted by Gasteiger charge is 2.02. The molecule has 20 heavy (non-hydrogen) atoms. The number of halogens is 2. The third-order valence-corrected chi connectivity index (χ3v) is 2.82. The molecule has 1 heterocycles. The molecule has 0 atom stereocenters. The smallest absolute Gasteiger partial charge is 0.229 e. The van der Waals surface area contributed by atoms with Gasteiger partial charge < -0.3 is 15.4 Å². The molecule has 0 aliphatic heterocycles. The van der Waals surface area contributed by atoms with Crippen molar-refractivity contribution in [3.05, 3.63) is 40.5 Å². The van der Waals surface area contributed by atoms with Gasteiger partial charge in [0, 0.05) is 35.6 Å². The lowest BCUT2D eigenvalue weighted by Gasteiger charge is -2.08. The van der Waals surface area contributed by atoms with Gasteiger partial charge in [-0.1, -0.05) is 23.2 Å². The monoisotopic (exact) mass is 312 g/mol. The summed E-state index contributed by atoms with van der Waals surface area (Å²) in [7, 11) is 1.65. The summed E-state index contributed by atoms with van der Waals surface area (Å²) in [6.45, 7) is 1.28. The first-order chi connectivity index (χ1) is 9.67. The number of aromatic nitrogens is 2. The van der Waals surface area contributed by atoms with Crippen molar-refractivity contribution in [1.29, 1.82) is 0 Å². The maximum absolute atomic E-state index is 5.94. The molecule has 7 heteroatoms. The average molecular weight is 313 g/mol. The lowest BCUT2D eigenvalue weighted by molar-refractivity contribution is 0.210. The second-order valence-electron chi connectivity index (χ2n) is 3.97. The molecule has 0 amide bonds. The molecule has 0 unspecified atom stereocenters. The minimum atomic E-state index is 0.464. The normalized spacial score (nSPS) is 10.3. The van der Waals surface area contributed by atoms with Gasteiger partial charge in [0.15, 0.2) is 0 Å². The SMILES string of the molecule is COCCNc1ccnc(Nc2cc(Cl)cc(Cl)c2)n1. The van der Waals surface area contributed by atoms with E-state index in [1.807, 2.05) is 0 Å². The van der Waals surface area contributed by atoms with E-state index < -0.39 is 0 Å². The topological polar surface area (TPSA) is 59.1 Å². The highest BCUT2D eigenvalue weighted by molar-refractivity contribution is 6.35. The van der Waals surface area contributed by atoms with Crippen LogP contribution in [0, 0.1) is 0 Å². The van der Waals surface area contributed by atoms with Crippen molar-refractivity contribution >= 4 is 40.7 Å². The third-order valence-electron chi connectivity index (χ3n) is 2.39. The standard InChI is InChI=1S/C13H14Cl2N4O/c1-20-5-4-16-12-2-3-17-13(19-12)18-11-7-9(14)6-10(15)8-11/h2-3,6-8H,4-5H2,1H3,(H2,16,17,18,19). The first-order valence-corrected chi connectivity index (χ1v) is 6.72. The van der Waals surface area contributed by atoms with E-state index in [1.165, 1.54) is 0 Å². The molecule has 0 fully saturated rings. The fourth-order valence-electron chi connectivity index (χ4n) is 1.55. The van der Waals surface area contributed by atoms with Crippen LogP contribution in [0.2, 0.25) is 10.0 Å². The van der Waals surface area contributed by atoms with E-state index in [0.29, 0.717) is 35.0 Å². The van der Waals surface area contributed by atoms with Gasteiger partial charge >= 0.3 is 0 Å². The van der Waals surface area contributed by atoms with Crippen LogP contribution in [0.4, 0.5) is 17.5 Å². The van der Waals surface area contributed by atoms with Gasteiger partial charge in [-0.15, -0.1) is 0 Å². The zero-order valence-corrected chi connectivity index (χ0v) is 12.4. The van der Waals surface area contributed by atoms with E-state index in [1.54, 1.807) is 37.6 Å². The Morgan fingerprint density at radius 2 is 1.95 bits per heavy atom. The van der Waals surface area contributed by atoms with Gasteiger partial charge in [0.1, 0.15) is 5.82 Å². The van der Waals surface area contributed by atoms with Gasteiger partial charge in [-0.05, 0) is 24.3 Å². The first kappa shape index (κ1) is 14.8. The molecule has 0 radical (unpaired) electrons. The summed E-state index contributed by atoms with van der Waals surface area (Å²) in [5, 5.41) is 7.28. The Hall–Kier alpha value is -1.56. The van der Waals surface area contributed by atoms with E-state index >= 15 is 0 Å². The predicted octanol–water partition coefficient (Wildman–Crippen LogP) is 3.59. The van der Waals surface area contributed by atoms with Gasteiger partial charge in [-0.2, -0.15) is 4.98 Å². The number of nitrogens with one attached hydrogen (secondary N) is 2. The highest BCUT2D eigenvalue weighted by Crippen LogP contribution is 2.24. The largest absolute Gasteiger partial charge is 0.383 e. The molecule has 0 saturated carbocycles. The Balaban J connectivity index is 2.07. The number of ether oxygens (including phenoxy) is 1. The summed E-state index contributed by atoms with van der Waals surface area (Å²) >= 11 is 11.9. The number of hydrogen-bond donors (Lipinski definition) is 2. The molecular weight excluding hydrogens is 299 g/mol. The second kappa shape index (κ2) is 7.28. The van der Waals surface area contributed by atoms with Crippen LogP contribution in [0.3, 0.4) is 0 Å². The van der Waals surface area contributed by atoms with Crippen molar-refractivity contribution in [1.82, 2.24) is 9.97 Å². The van der Waals surface area contributed by atoms with Gasteiger partial charge in [-0.3, -0.25) is 0 Å². The zero-order chi connectivity index (χ0) is 14.4. The molecule has 2 aromatic rings. The molecule has 5 nitrogen and oxygen atoms in total. The van der Waals surface area contributed by atoms with Crippen LogP contribution in [0.5, 0.6) is 0 Å². The van der Waals surface area contributed by atoms with E-state index in [9.17, 15) is 0 Å². The molecule has 2 rings (SSSR count).